The lowest BCUT2D eigenvalue weighted by molar-refractivity contribution is -0.223. The van der Waals surface area contributed by atoms with Gasteiger partial charge in [0.05, 0.1) is 24.1 Å². The SMILES string of the molecule is C[C@H](CCC(=O)NCCS(=O)(=O)O)[C@H]1CC[C@H]2C3[C@@H](O)[C@@H](O)C4C[C@H](O)CC[C@]4(C)[C@H]3CC[C@]12C. The zero-order valence-corrected chi connectivity index (χ0v) is 22.2. The van der Waals surface area contributed by atoms with Crippen LogP contribution in [0, 0.1) is 46.3 Å². The van der Waals surface area contributed by atoms with Crippen LogP contribution in [0.25, 0.3) is 0 Å². The summed E-state index contributed by atoms with van der Waals surface area (Å²) in [7, 11) is -4.08. The molecule has 0 bridgehead atoms. The summed E-state index contributed by atoms with van der Waals surface area (Å²) in [5, 5.41) is 35.4. The van der Waals surface area contributed by atoms with Gasteiger partial charge in [-0.2, -0.15) is 8.42 Å². The van der Waals surface area contributed by atoms with Gasteiger partial charge in [-0.3, -0.25) is 9.35 Å². The number of aliphatic hydroxyl groups excluding tert-OH is 3. The van der Waals surface area contributed by atoms with Crippen molar-refractivity contribution in [3.63, 3.8) is 0 Å². The summed E-state index contributed by atoms with van der Waals surface area (Å²) in [5.41, 5.74) is 0.00776. The maximum Gasteiger partial charge on any atom is 0.266 e. The van der Waals surface area contributed by atoms with Crippen molar-refractivity contribution in [2.75, 3.05) is 12.3 Å². The van der Waals surface area contributed by atoms with Gasteiger partial charge >= 0.3 is 0 Å². The molecule has 4 aliphatic rings. The van der Waals surface area contributed by atoms with E-state index in [2.05, 4.69) is 26.1 Å². The van der Waals surface area contributed by atoms with Crippen LogP contribution in [0.2, 0.25) is 0 Å². The van der Waals surface area contributed by atoms with E-state index < -0.39 is 28.1 Å². The van der Waals surface area contributed by atoms with Gasteiger partial charge in [0.2, 0.25) is 5.91 Å². The quantitative estimate of drug-likeness (QED) is 0.327. The molecule has 0 aliphatic heterocycles. The number of rotatable bonds is 7. The summed E-state index contributed by atoms with van der Waals surface area (Å²) >= 11 is 0. The van der Waals surface area contributed by atoms with Crippen molar-refractivity contribution in [1.82, 2.24) is 5.32 Å². The molecule has 5 N–H and O–H groups in total. The summed E-state index contributed by atoms with van der Waals surface area (Å²) in [6.07, 6.45) is 5.54. The van der Waals surface area contributed by atoms with Crippen LogP contribution in [-0.4, -0.2) is 64.8 Å². The molecular weight excluding hydrogens is 470 g/mol. The van der Waals surface area contributed by atoms with Crippen LogP contribution in [-0.2, 0) is 14.9 Å². The van der Waals surface area contributed by atoms with Crippen molar-refractivity contribution in [2.45, 2.75) is 96.9 Å². The Balaban J connectivity index is 1.42. The Kier molecular flexibility index (Phi) is 7.69. The molecule has 1 amide bonds. The summed E-state index contributed by atoms with van der Waals surface area (Å²) in [6, 6.07) is 0. The Labute approximate surface area is 210 Å². The van der Waals surface area contributed by atoms with Crippen LogP contribution in [0.1, 0.15) is 78.6 Å². The summed E-state index contributed by atoms with van der Waals surface area (Å²) < 4.78 is 30.5. The Morgan fingerprint density at radius 3 is 2.31 bits per heavy atom. The summed E-state index contributed by atoms with van der Waals surface area (Å²) in [5.74, 6) is 0.781. The zero-order chi connectivity index (χ0) is 25.8. The molecule has 0 radical (unpaired) electrons. The number of hydrogen-bond donors (Lipinski definition) is 5. The van der Waals surface area contributed by atoms with Crippen LogP contribution in [0.3, 0.4) is 0 Å². The molecule has 4 saturated carbocycles. The fourth-order valence-corrected chi connectivity index (χ4v) is 9.54. The monoisotopic (exact) mass is 515 g/mol. The number of carbonyl (C=O) groups is 1. The van der Waals surface area contributed by atoms with Crippen LogP contribution in [0.5, 0.6) is 0 Å². The first kappa shape index (κ1) is 27.3. The molecule has 0 heterocycles. The predicted octanol–water partition coefficient (Wildman–Crippen LogP) is 2.37. The lowest BCUT2D eigenvalue weighted by Crippen LogP contribution is -2.64. The molecule has 0 saturated heterocycles. The molecule has 9 heteroatoms. The second-order valence-electron chi connectivity index (χ2n) is 12.7. The highest BCUT2D eigenvalue weighted by Crippen LogP contribution is 2.68. The molecule has 0 aromatic rings. The number of carbonyl (C=O) groups excluding carboxylic acids is 1. The molecule has 11 atom stereocenters. The molecule has 202 valence electrons. The summed E-state index contributed by atoms with van der Waals surface area (Å²) in [4.78, 5) is 12.2. The third-order valence-corrected chi connectivity index (χ3v) is 11.7. The highest BCUT2D eigenvalue weighted by molar-refractivity contribution is 7.85. The molecule has 0 spiro atoms. The van der Waals surface area contributed by atoms with Crippen molar-refractivity contribution >= 4 is 16.0 Å². The molecule has 4 rings (SSSR count). The van der Waals surface area contributed by atoms with Gasteiger partial charge < -0.3 is 20.6 Å². The first-order chi connectivity index (χ1) is 16.3. The maximum atomic E-state index is 12.2. The van der Waals surface area contributed by atoms with Gasteiger partial charge in [0.1, 0.15) is 0 Å². The fourth-order valence-electron chi connectivity index (χ4n) is 9.18. The molecule has 35 heavy (non-hydrogen) atoms. The van der Waals surface area contributed by atoms with E-state index in [1.165, 1.54) is 0 Å². The Bertz CT molecular complexity index is 896. The fraction of sp³-hybridized carbons (Fsp3) is 0.962. The van der Waals surface area contributed by atoms with Gasteiger partial charge in [-0.25, -0.2) is 0 Å². The van der Waals surface area contributed by atoms with E-state index in [4.69, 9.17) is 4.55 Å². The van der Waals surface area contributed by atoms with Crippen molar-refractivity contribution in [1.29, 1.82) is 0 Å². The summed E-state index contributed by atoms with van der Waals surface area (Å²) in [6.45, 7) is 6.75. The van der Waals surface area contributed by atoms with E-state index in [0.29, 0.717) is 42.9 Å². The van der Waals surface area contributed by atoms with E-state index in [1.807, 2.05) is 0 Å². The van der Waals surface area contributed by atoms with E-state index in [9.17, 15) is 28.5 Å². The van der Waals surface area contributed by atoms with Crippen molar-refractivity contribution in [3.05, 3.63) is 0 Å². The Morgan fingerprint density at radius 2 is 1.63 bits per heavy atom. The van der Waals surface area contributed by atoms with Crippen molar-refractivity contribution in [2.24, 2.45) is 46.3 Å². The minimum atomic E-state index is -4.08. The number of aliphatic hydroxyl groups is 3. The normalized spacial score (nSPS) is 46.3. The van der Waals surface area contributed by atoms with Gasteiger partial charge in [-0.15, -0.1) is 0 Å². The molecule has 4 fully saturated rings. The first-order valence-corrected chi connectivity index (χ1v) is 15.1. The number of amides is 1. The minimum absolute atomic E-state index is 0.0479. The largest absolute Gasteiger partial charge is 0.393 e. The third-order valence-electron chi connectivity index (χ3n) is 11.0. The zero-order valence-electron chi connectivity index (χ0n) is 21.4. The number of nitrogens with one attached hydrogen (secondary N) is 1. The molecular formula is C26H45NO7S. The van der Waals surface area contributed by atoms with Crippen LogP contribution >= 0.6 is 0 Å². The highest BCUT2D eigenvalue weighted by atomic mass is 32.2. The minimum Gasteiger partial charge on any atom is -0.393 e. The van der Waals surface area contributed by atoms with Gasteiger partial charge in [0.25, 0.3) is 10.1 Å². The van der Waals surface area contributed by atoms with Gasteiger partial charge in [-0.05, 0) is 97.7 Å². The van der Waals surface area contributed by atoms with Gasteiger partial charge in [0, 0.05) is 13.0 Å². The van der Waals surface area contributed by atoms with Gasteiger partial charge in [0.15, 0.2) is 0 Å². The Morgan fingerprint density at radius 1 is 0.971 bits per heavy atom. The maximum absolute atomic E-state index is 12.2. The topological polar surface area (TPSA) is 144 Å². The molecule has 0 aromatic carbocycles. The smallest absolute Gasteiger partial charge is 0.266 e. The van der Waals surface area contributed by atoms with Gasteiger partial charge in [-0.1, -0.05) is 20.8 Å². The van der Waals surface area contributed by atoms with Crippen LogP contribution in [0.4, 0.5) is 0 Å². The first-order valence-electron chi connectivity index (χ1n) is 13.5. The van der Waals surface area contributed by atoms with Crippen LogP contribution in [0.15, 0.2) is 0 Å². The highest BCUT2D eigenvalue weighted by Gasteiger charge is 2.65. The third kappa shape index (κ3) is 5.05. The van der Waals surface area contributed by atoms with E-state index in [1.54, 1.807) is 0 Å². The lowest BCUT2D eigenvalue weighted by Gasteiger charge is -2.63. The van der Waals surface area contributed by atoms with Crippen molar-refractivity contribution < 1.29 is 33.1 Å². The van der Waals surface area contributed by atoms with E-state index >= 15 is 0 Å². The van der Waals surface area contributed by atoms with E-state index in [0.717, 1.165) is 38.5 Å². The average Bonchev–Trinajstić information content (AvgIpc) is 3.13. The standard InChI is InChI=1S/C26H45NO7S/c1-15(4-7-21(29)27-12-13-35(32,33)34)17-5-6-18-22-19(9-11-25(17,18)2)26(3)10-8-16(28)14-20(26)23(30)24(22)31/h15-20,22-24,28,30-31H,4-14H2,1-3H3,(H,27,29)(H,32,33,34)/t15-,16-,17-,18+,19+,20?,22?,23+,24-,25-,26-/m1/s1. The average molecular weight is 516 g/mol. The number of fused-ring (bicyclic) bond motifs is 5. The second kappa shape index (κ2) is 9.86. The predicted molar refractivity (Wildman–Crippen MR) is 132 cm³/mol. The Hall–Kier alpha value is -0.740. The van der Waals surface area contributed by atoms with Crippen LogP contribution < -0.4 is 5.32 Å². The molecule has 0 aromatic heterocycles. The lowest BCUT2D eigenvalue weighted by atomic mass is 9.43. The number of hydrogen-bond acceptors (Lipinski definition) is 6. The van der Waals surface area contributed by atoms with E-state index in [-0.39, 0.29) is 41.2 Å². The second-order valence-corrected chi connectivity index (χ2v) is 14.3. The molecule has 4 aliphatic carbocycles. The molecule has 8 nitrogen and oxygen atoms in total. The molecule has 2 unspecified atom stereocenters. The van der Waals surface area contributed by atoms with Crippen molar-refractivity contribution in [3.8, 4) is 0 Å².